The zero-order chi connectivity index (χ0) is 18.8. The summed E-state index contributed by atoms with van der Waals surface area (Å²) >= 11 is 0. The summed E-state index contributed by atoms with van der Waals surface area (Å²) in [7, 11) is 0. The van der Waals surface area contributed by atoms with Gasteiger partial charge in [-0.05, 0) is 46.2 Å². The van der Waals surface area contributed by atoms with E-state index in [0.29, 0.717) is 0 Å². The summed E-state index contributed by atoms with van der Waals surface area (Å²) in [5, 5.41) is 2.54. The molecule has 0 aliphatic carbocycles. The van der Waals surface area contributed by atoms with Crippen molar-refractivity contribution >= 4 is 34.0 Å². The lowest BCUT2D eigenvalue weighted by Gasteiger charge is -2.09. The fourth-order valence-electron chi connectivity index (χ4n) is 3.64. The first-order valence-corrected chi connectivity index (χ1v) is 9.53. The Balaban J connectivity index is 1.57. The molecule has 0 fully saturated rings. The molecule has 134 valence electrons. The van der Waals surface area contributed by atoms with Gasteiger partial charge in [-0.2, -0.15) is 0 Å². The summed E-state index contributed by atoms with van der Waals surface area (Å²) in [6.07, 6.45) is 4.23. The Bertz CT molecular complexity index is 1280. The van der Waals surface area contributed by atoms with Crippen molar-refractivity contribution in [1.29, 1.82) is 0 Å². The molecule has 2 nitrogen and oxygen atoms in total. The highest BCUT2D eigenvalue weighted by Crippen LogP contribution is 2.22. The SMILES string of the molecule is C(=C\c1nc2ccccc2n1Cc1ccc2ccccc2c1)/c1ccccc1. The van der Waals surface area contributed by atoms with Crippen LogP contribution in [0.1, 0.15) is 17.0 Å². The minimum absolute atomic E-state index is 0.791. The summed E-state index contributed by atoms with van der Waals surface area (Å²) in [5.41, 5.74) is 4.63. The largest absolute Gasteiger partial charge is 0.320 e. The van der Waals surface area contributed by atoms with E-state index in [1.54, 1.807) is 0 Å². The van der Waals surface area contributed by atoms with Crippen LogP contribution in [-0.2, 0) is 6.54 Å². The van der Waals surface area contributed by atoms with Crippen molar-refractivity contribution in [3.05, 3.63) is 114 Å². The van der Waals surface area contributed by atoms with Crippen molar-refractivity contribution in [2.75, 3.05) is 0 Å². The molecule has 1 heterocycles. The van der Waals surface area contributed by atoms with Crippen molar-refractivity contribution in [3.63, 3.8) is 0 Å². The van der Waals surface area contributed by atoms with E-state index >= 15 is 0 Å². The average molecular weight is 360 g/mol. The van der Waals surface area contributed by atoms with E-state index in [9.17, 15) is 0 Å². The van der Waals surface area contributed by atoms with Gasteiger partial charge in [-0.25, -0.2) is 4.98 Å². The summed E-state index contributed by atoms with van der Waals surface area (Å²) < 4.78 is 2.29. The molecule has 5 rings (SSSR count). The molecule has 0 aliphatic heterocycles. The molecule has 28 heavy (non-hydrogen) atoms. The van der Waals surface area contributed by atoms with Crippen molar-refractivity contribution in [2.45, 2.75) is 6.54 Å². The summed E-state index contributed by atoms with van der Waals surface area (Å²) in [4.78, 5) is 4.86. The summed E-state index contributed by atoms with van der Waals surface area (Å²) in [5.74, 6) is 0.971. The van der Waals surface area contributed by atoms with E-state index in [1.807, 2.05) is 12.1 Å². The molecule has 0 spiro atoms. The van der Waals surface area contributed by atoms with Crippen molar-refractivity contribution in [3.8, 4) is 0 Å². The van der Waals surface area contributed by atoms with Gasteiger partial charge in [0.05, 0.1) is 11.0 Å². The maximum Gasteiger partial charge on any atom is 0.134 e. The average Bonchev–Trinajstić information content (AvgIpc) is 3.10. The first kappa shape index (κ1) is 16.5. The second-order valence-corrected chi connectivity index (χ2v) is 6.97. The van der Waals surface area contributed by atoms with E-state index in [1.165, 1.54) is 21.9 Å². The summed E-state index contributed by atoms with van der Waals surface area (Å²) in [6, 6.07) is 33.9. The van der Waals surface area contributed by atoms with E-state index in [0.717, 1.165) is 23.4 Å². The number of rotatable bonds is 4. The van der Waals surface area contributed by atoms with Gasteiger partial charge in [-0.15, -0.1) is 0 Å². The number of fused-ring (bicyclic) bond motifs is 2. The highest BCUT2D eigenvalue weighted by molar-refractivity contribution is 5.83. The van der Waals surface area contributed by atoms with E-state index in [2.05, 4.69) is 102 Å². The van der Waals surface area contributed by atoms with Gasteiger partial charge in [0.25, 0.3) is 0 Å². The van der Waals surface area contributed by atoms with Crippen LogP contribution in [0.5, 0.6) is 0 Å². The molecular weight excluding hydrogens is 340 g/mol. The number of hydrogen-bond donors (Lipinski definition) is 0. The minimum atomic E-state index is 0.791. The molecule has 0 N–H and O–H groups in total. The van der Waals surface area contributed by atoms with Gasteiger partial charge >= 0.3 is 0 Å². The summed E-state index contributed by atoms with van der Waals surface area (Å²) in [6.45, 7) is 0.791. The standard InChI is InChI=1S/C26H20N2/c1-2-8-20(9-3-1)15-17-26-27-24-12-6-7-13-25(24)28(26)19-21-14-16-22-10-4-5-11-23(22)18-21/h1-18H,19H2/b17-15+. The van der Waals surface area contributed by atoms with Gasteiger partial charge in [0.15, 0.2) is 0 Å². The van der Waals surface area contributed by atoms with Crippen molar-refractivity contribution in [1.82, 2.24) is 9.55 Å². The minimum Gasteiger partial charge on any atom is -0.320 e. The molecule has 0 amide bonds. The lowest BCUT2D eigenvalue weighted by atomic mass is 10.1. The van der Waals surface area contributed by atoms with E-state index < -0.39 is 0 Å². The van der Waals surface area contributed by atoms with Gasteiger partial charge in [-0.1, -0.05) is 84.9 Å². The number of para-hydroxylation sites is 2. The van der Waals surface area contributed by atoms with E-state index in [4.69, 9.17) is 4.98 Å². The number of imidazole rings is 1. The molecule has 0 aliphatic rings. The lowest BCUT2D eigenvalue weighted by molar-refractivity contribution is 0.815. The molecule has 2 heteroatoms. The second-order valence-electron chi connectivity index (χ2n) is 6.97. The Kier molecular flexibility index (Phi) is 4.23. The first-order chi connectivity index (χ1) is 13.9. The van der Waals surface area contributed by atoms with Gasteiger partial charge in [0.2, 0.25) is 0 Å². The Morgan fingerprint density at radius 2 is 1.43 bits per heavy atom. The molecule has 0 saturated carbocycles. The quantitative estimate of drug-likeness (QED) is 0.362. The molecule has 0 unspecified atom stereocenters. The highest BCUT2D eigenvalue weighted by Gasteiger charge is 2.09. The topological polar surface area (TPSA) is 17.8 Å². The Morgan fingerprint density at radius 1 is 0.679 bits per heavy atom. The predicted molar refractivity (Wildman–Crippen MR) is 118 cm³/mol. The molecule has 0 atom stereocenters. The maximum atomic E-state index is 4.86. The monoisotopic (exact) mass is 360 g/mol. The van der Waals surface area contributed by atoms with Gasteiger partial charge in [-0.3, -0.25) is 0 Å². The van der Waals surface area contributed by atoms with Crippen LogP contribution in [0, 0.1) is 0 Å². The smallest absolute Gasteiger partial charge is 0.134 e. The maximum absolute atomic E-state index is 4.86. The number of benzene rings is 4. The molecule has 5 aromatic rings. The van der Waals surface area contributed by atoms with Crippen LogP contribution in [0.3, 0.4) is 0 Å². The fraction of sp³-hybridized carbons (Fsp3) is 0.0385. The van der Waals surface area contributed by atoms with Gasteiger partial charge < -0.3 is 4.57 Å². The molecule has 0 saturated heterocycles. The van der Waals surface area contributed by atoms with Crippen LogP contribution in [0.25, 0.3) is 34.0 Å². The van der Waals surface area contributed by atoms with Crippen LogP contribution in [0.15, 0.2) is 97.1 Å². The molecule has 0 bridgehead atoms. The fourth-order valence-corrected chi connectivity index (χ4v) is 3.64. The van der Waals surface area contributed by atoms with Gasteiger partial charge in [0, 0.05) is 6.54 Å². The molecule has 0 radical (unpaired) electrons. The zero-order valence-electron chi connectivity index (χ0n) is 15.5. The molecule has 1 aromatic heterocycles. The number of aromatic nitrogens is 2. The van der Waals surface area contributed by atoms with Gasteiger partial charge in [0.1, 0.15) is 5.82 Å². The second kappa shape index (κ2) is 7.16. The van der Waals surface area contributed by atoms with Crippen LogP contribution in [0.4, 0.5) is 0 Å². The molecule has 4 aromatic carbocycles. The van der Waals surface area contributed by atoms with Crippen LogP contribution < -0.4 is 0 Å². The number of nitrogens with zero attached hydrogens (tertiary/aromatic N) is 2. The van der Waals surface area contributed by atoms with Crippen molar-refractivity contribution in [2.24, 2.45) is 0 Å². The Hall–Kier alpha value is -3.65. The number of hydrogen-bond acceptors (Lipinski definition) is 1. The zero-order valence-corrected chi connectivity index (χ0v) is 15.5. The third kappa shape index (κ3) is 3.21. The predicted octanol–water partition coefficient (Wildman–Crippen LogP) is 6.41. The Morgan fingerprint density at radius 3 is 2.32 bits per heavy atom. The Labute approximate surface area is 164 Å². The normalized spacial score (nSPS) is 11.6. The van der Waals surface area contributed by atoms with Crippen LogP contribution >= 0.6 is 0 Å². The highest BCUT2D eigenvalue weighted by atomic mass is 15.1. The third-order valence-corrected chi connectivity index (χ3v) is 5.06. The van der Waals surface area contributed by atoms with Crippen LogP contribution in [0.2, 0.25) is 0 Å². The lowest BCUT2D eigenvalue weighted by Crippen LogP contribution is -2.02. The van der Waals surface area contributed by atoms with E-state index in [-0.39, 0.29) is 0 Å². The first-order valence-electron chi connectivity index (χ1n) is 9.53. The third-order valence-electron chi connectivity index (χ3n) is 5.06. The van der Waals surface area contributed by atoms with Crippen molar-refractivity contribution < 1.29 is 0 Å². The molecular formula is C26H20N2. The van der Waals surface area contributed by atoms with Crippen LogP contribution in [-0.4, -0.2) is 9.55 Å².